The van der Waals surface area contributed by atoms with Crippen molar-refractivity contribution in [1.29, 1.82) is 0 Å². The Labute approximate surface area is 79.5 Å². The Hall–Kier alpha value is -0.570. The molecule has 0 heterocycles. The van der Waals surface area contributed by atoms with Crippen LogP contribution in [0.2, 0.25) is 0 Å². The Morgan fingerprint density at radius 3 is 2.62 bits per heavy atom. The minimum Gasteiger partial charge on any atom is -0.394 e. The molecule has 0 aromatic heterocycles. The molecule has 1 aliphatic carbocycles. The smallest absolute Gasteiger partial charge is 0.220 e. The van der Waals surface area contributed by atoms with Gasteiger partial charge in [0.2, 0.25) is 5.91 Å². The number of carbonyl (C=O) groups excluding carboxylic acids is 1. The maximum atomic E-state index is 11.3. The minimum atomic E-state index is -0.259. The highest BCUT2D eigenvalue weighted by Crippen LogP contribution is 2.31. The van der Waals surface area contributed by atoms with E-state index in [2.05, 4.69) is 12.2 Å². The summed E-state index contributed by atoms with van der Waals surface area (Å²) in [6.45, 7) is 2.16. The van der Waals surface area contributed by atoms with Crippen LogP contribution in [0.5, 0.6) is 0 Å². The quantitative estimate of drug-likeness (QED) is 0.676. The van der Waals surface area contributed by atoms with Crippen molar-refractivity contribution in [2.75, 3.05) is 6.61 Å². The van der Waals surface area contributed by atoms with Crippen molar-refractivity contribution in [2.45, 2.75) is 51.0 Å². The molecule has 2 N–H and O–H groups in total. The van der Waals surface area contributed by atoms with Crippen LogP contribution in [-0.4, -0.2) is 23.2 Å². The summed E-state index contributed by atoms with van der Waals surface area (Å²) in [5.74, 6) is 0.0931. The maximum absolute atomic E-state index is 11.3. The molecule has 3 heteroatoms. The maximum Gasteiger partial charge on any atom is 0.220 e. The predicted molar refractivity (Wildman–Crippen MR) is 51.3 cm³/mol. The lowest BCUT2D eigenvalue weighted by atomic mass is 9.77. The molecule has 0 aliphatic heterocycles. The fourth-order valence-electron chi connectivity index (χ4n) is 1.62. The van der Waals surface area contributed by atoms with E-state index >= 15 is 0 Å². The first kappa shape index (κ1) is 10.5. The molecule has 0 saturated heterocycles. The van der Waals surface area contributed by atoms with Crippen molar-refractivity contribution < 1.29 is 9.90 Å². The Morgan fingerprint density at radius 1 is 1.54 bits per heavy atom. The van der Waals surface area contributed by atoms with Gasteiger partial charge in [-0.25, -0.2) is 0 Å². The summed E-state index contributed by atoms with van der Waals surface area (Å²) in [6, 6.07) is 0. The zero-order chi connectivity index (χ0) is 9.73. The Bertz CT molecular complexity index is 170. The van der Waals surface area contributed by atoms with Gasteiger partial charge in [-0.1, -0.05) is 13.3 Å². The number of carbonyl (C=O) groups is 1. The number of hydrogen-bond donors (Lipinski definition) is 2. The molecular weight excluding hydrogens is 166 g/mol. The molecule has 1 saturated carbocycles. The van der Waals surface area contributed by atoms with Crippen molar-refractivity contribution in [2.24, 2.45) is 0 Å². The summed E-state index contributed by atoms with van der Waals surface area (Å²) in [4.78, 5) is 11.3. The lowest BCUT2D eigenvalue weighted by molar-refractivity contribution is -0.125. The van der Waals surface area contributed by atoms with Crippen LogP contribution >= 0.6 is 0 Å². The number of amides is 1. The molecule has 76 valence electrons. The van der Waals surface area contributed by atoms with Gasteiger partial charge in [0.25, 0.3) is 0 Å². The molecule has 1 aliphatic rings. The standard InChI is InChI=1S/C10H19NO2/c1-2-3-5-9(13)11-10(8-12)6-4-7-10/h12H,2-8H2,1H3,(H,11,13). The lowest BCUT2D eigenvalue weighted by Gasteiger charge is -2.41. The molecule has 0 spiro atoms. The molecule has 3 nitrogen and oxygen atoms in total. The molecule has 0 unspecified atom stereocenters. The van der Waals surface area contributed by atoms with E-state index in [0.717, 1.165) is 32.1 Å². The fourth-order valence-corrected chi connectivity index (χ4v) is 1.62. The Kier molecular flexibility index (Phi) is 3.72. The molecule has 0 atom stereocenters. The SMILES string of the molecule is CCCCC(=O)NC1(CO)CCC1. The van der Waals surface area contributed by atoms with E-state index in [9.17, 15) is 4.79 Å². The summed E-state index contributed by atoms with van der Waals surface area (Å²) in [6.07, 6.45) is 5.56. The molecule has 13 heavy (non-hydrogen) atoms. The highest BCUT2D eigenvalue weighted by atomic mass is 16.3. The summed E-state index contributed by atoms with van der Waals surface area (Å²) < 4.78 is 0. The van der Waals surface area contributed by atoms with Crippen LogP contribution in [0.1, 0.15) is 45.4 Å². The van der Waals surface area contributed by atoms with Crippen LogP contribution in [-0.2, 0) is 4.79 Å². The minimum absolute atomic E-state index is 0.0882. The van der Waals surface area contributed by atoms with Gasteiger partial charge in [0.1, 0.15) is 0 Å². The first-order valence-electron chi connectivity index (χ1n) is 5.14. The van der Waals surface area contributed by atoms with E-state index in [4.69, 9.17) is 5.11 Å². The van der Waals surface area contributed by atoms with E-state index in [1.807, 2.05) is 0 Å². The number of rotatable bonds is 5. The van der Waals surface area contributed by atoms with E-state index in [-0.39, 0.29) is 18.1 Å². The first-order chi connectivity index (χ1) is 6.22. The van der Waals surface area contributed by atoms with E-state index in [0.29, 0.717) is 6.42 Å². The third kappa shape index (κ3) is 2.69. The molecular formula is C10H19NO2. The van der Waals surface area contributed by atoms with Crippen molar-refractivity contribution in [1.82, 2.24) is 5.32 Å². The van der Waals surface area contributed by atoms with Crippen LogP contribution < -0.4 is 5.32 Å². The number of unbranched alkanes of at least 4 members (excludes halogenated alkanes) is 1. The highest BCUT2D eigenvalue weighted by molar-refractivity contribution is 5.76. The summed E-state index contributed by atoms with van der Waals surface area (Å²) in [5, 5.41) is 12.0. The summed E-state index contributed by atoms with van der Waals surface area (Å²) in [7, 11) is 0. The van der Waals surface area contributed by atoms with Gasteiger partial charge in [0.15, 0.2) is 0 Å². The topological polar surface area (TPSA) is 49.3 Å². The molecule has 1 amide bonds. The van der Waals surface area contributed by atoms with Gasteiger partial charge < -0.3 is 10.4 Å². The van der Waals surface area contributed by atoms with Gasteiger partial charge in [-0.05, 0) is 25.7 Å². The summed E-state index contributed by atoms with van der Waals surface area (Å²) in [5.41, 5.74) is -0.259. The fraction of sp³-hybridized carbons (Fsp3) is 0.900. The molecule has 1 fully saturated rings. The van der Waals surface area contributed by atoms with E-state index in [1.54, 1.807) is 0 Å². The van der Waals surface area contributed by atoms with Crippen LogP contribution in [0.3, 0.4) is 0 Å². The van der Waals surface area contributed by atoms with Crippen molar-refractivity contribution in [3.63, 3.8) is 0 Å². The van der Waals surface area contributed by atoms with Crippen LogP contribution in [0, 0.1) is 0 Å². The van der Waals surface area contributed by atoms with Crippen molar-refractivity contribution >= 4 is 5.91 Å². The molecule has 0 radical (unpaired) electrons. The van der Waals surface area contributed by atoms with Gasteiger partial charge in [0.05, 0.1) is 12.1 Å². The molecule has 1 rings (SSSR count). The second kappa shape index (κ2) is 4.61. The second-order valence-electron chi connectivity index (χ2n) is 3.94. The number of nitrogens with one attached hydrogen (secondary N) is 1. The largest absolute Gasteiger partial charge is 0.394 e. The van der Waals surface area contributed by atoms with Gasteiger partial charge in [-0.3, -0.25) is 4.79 Å². The normalized spacial score (nSPS) is 19.2. The van der Waals surface area contributed by atoms with Crippen molar-refractivity contribution in [3.05, 3.63) is 0 Å². The zero-order valence-electron chi connectivity index (χ0n) is 8.31. The van der Waals surface area contributed by atoms with Gasteiger partial charge in [0, 0.05) is 6.42 Å². The number of aliphatic hydroxyl groups excluding tert-OH is 1. The Morgan fingerprint density at radius 2 is 2.23 bits per heavy atom. The zero-order valence-corrected chi connectivity index (χ0v) is 8.31. The monoisotopic (exact) mass is 185 g/mol. The van der Waals surface area contributed by atoms with Gasteiger partial charge >= 0.3 is 0 Å². The third-order valence-electron chi connectivity index (χ3n) is 2.78. The van der Waals surface area contributed by atoms with Crippen LogP contribution in [0.25, 0.3) is 0 Å². The van der Waals surface area contributed by atoms with Gasteiger partial charge in [-0.2, -0.15) is 0 Å². The number of hydrogen-bond acceptors (Lipinski definition) is 2. The third-order valence-corrected chi connectivity index (χ3v) is 2.78. The van der Waals surface area contributed by atoms with Crippen LogP contribution in [0.4, 0.5) is 0 Å². The predicted octanol–water partition coefficient (Wildman–Crippen LogP) is 1.21. The molecule has 0 bridgehead atoms. The second-order valence-corrected chi connectivity index (χ2v) is 3.94. The first-order valence-corrected chi connectivity index (χ1v) is 5.14. The average Bonchev–Trinajstić information content (AvgIpc) is 2.08. The van der Waals surface area contributed by atoms with Crippen molar-refractivity contribution in [3.8, 4) is 0 Å². The van der Waals surface area contributed by atoms with Crippen LogP contribution in [0.15, 0.2) is 0 Å². The highest BCUT2D eigenvalue weighted by Gasteiger charge is 2.37. The van der Waals surface area contributed by atoms with Gasteiger partial charge in [-0.15, -0.1) is 0 Å². The lowest BCUT2D eigenvalue weighted by Crippen LogP contribution is -2.56. The Balaban J connectivity index is 2.25. The molecule has 0 aromatic carbocycles. The number of aliphatic hydroxyl groups is 1. The van der Waals surface area contributed by atoms with E-state index in [1.165, 1.54) is 0 Å². The molecule has 0 aromatic rings. The summed E-state index contributed by atoms with van der Waals surface area (Å²) >= 11 is 0. The van der Waals surface area contributed by atoms with E-state index < -0.39 is 0 Å². The average molecular weight is 185 g/mol.